The molecule has 1 aliphatic rings. The van der Waals surface area contributed by atoms with Crippen molar-refractivity contribution in [2.75, 3.05) is 17.8 Å². The van der Waals surface area contributed by atoms with Gasteiger partial charge in [0.15, 0.2) is 11.5 Å². The highest BCUT2D eigenvalue weighted by atomic mass is 79.9. The van der Waals surface area contributed by atoms with Gasteiger partial charge in [-0.2, -0.15) is 0 Å². The molecule has 0 radical (unpaired) electrons. The van der Waals surface area contributed by atoms with E-state index in [1.54, 1.807) is 18.2 Å². The second-order valence-electron chi connectivity index (χ2n) is 3.98. The van der Waals surface area contributed by atoms with Crippen LogP contribution in [0.15, 0.2) is 25.8 Å². The molecule has 0 saturated carbocycles. The lowest BCUT2D eigenvalue weighted by molar-refractivity contribution is 0.102. The van der Waals surface area contributed by atoms with E-state index in [2.05, 4.69) is 37.2 Å². The van der Waals surface area contributed by atoms with Crippen LogP contribution >= 0.6 is 43.2 Å². The summed E-state index contributed by atoms with van der Waals surface area (Å²) in [5.74, 6) is 0.907. The molecule has 8 heteroatoms. The number of carbonyl (C=O) groups excluding carboxylic acids is 1. The molecule has 0 atom stereocenters. The van der Waals surface area contributed by atoms with Gasteiger partial charge in [-0.1, -0.05) is 0 Å². The summed E-state index contributed by atoms with van der Waals surface area (Å²) in [5, 5.41) is 2.77. The van der Waals surface area contributed by atoms with Crippen molar-refractivity contribution < 1.29 is 14.3 Å². The number of anilines is 2. The first kappa shape index (κ1) is 13.7. The van der Waals surface area contributed by atoms with Crippen LogP contribution in [0, 0.1) is 0 Å². The number of ether oxygens (including phenoxy) is 2. The summed E-state index contributed by atoms with van der Waals surface area (Å²) in [4.78, 5) is 12.2. The summed E-state index contributed by atoms with van der Waals surface area (Å²) < 4.78 is 12.1. The first-order valence-electron chi connectivity index (χ1n) is 5.50. The molecule has 3 rings (SSSR count). The van der Waals surface area contributed by atoms with Gasteiger partial charge in [-0.25, -0.2) is 0 Å². The number of rotatable bonds is 2. The standard InChI is InChI=1S/C12H8Br2N2O3S/c13-10-1-5(11(14)20-10)12(17)16-7-3-9-8(2-6(7)15)18-4-19-9/h1-3H,4,15H2,(H,16,17). The normalized spacial score (nSPS) is 12.5. The van der Waals surface area contributed by atoms with Gasteiger partial charge >= 0.3 is 0 Å². The van der Waals surface area contributed by atoms with Crippen LogP contribution in [-0.2, 0) is 0 Å². The average Bonchev–Trinajstić information content (AvgIpc) is 2.95. The second kappa shape index (κ2) is 5.27. The zero-order valence-corrected chi connectivity index (χ0v) is 13.9. The van der Waals surface area contributed by atoms with Crippen LogP contribution in [0.5, 0.6) is 11.5 Å². The summed E-state index contributed by atoms with van der Waals surface area (Å²) in [6, 6.07) is 5.04. The van der Waals surface area contributed by atoms with Crippen LogP contribution in [-0.4, -0.2) is 12.7 Å². The minimum absolute atomic E-state index is 0.162. The molecule has 3 N–H and O–H groups in total. The zero-order chi connectivity index (χ0) is 14.3. The molecular formula is C12H8Br2N2O3S. The molecule has 1 aromatic carbocycles. The third kappa shape index (κ3) is 2.50. The Morgan fingerprint density at radius 1 is 1.25 bits per heavy atom. The summed E-state index contributed by atoms with van der Waals surface area (Å²) in [6.07, 6.45) is 0. The molecule has 5 nitrogen and oxygen atoms in total. The van der Waals surface area contributed by atoms with Crippen LogP contribution in [0.1, 0.15) is 10.4 Å². The highest BCUT2D eigenvalue weighted by molar-refractivity contribution is 9.12. The van der Waals surface area contributed by atoms with Gasteiger partial charge in [0.25, 0.3) is 5.91 Å². The molecular weight excluding hydrogens is 412 g/mol. The molecule has 0 saturated heterocycles. The summed E-state index contributed by atoms with van der Waals surface area (Å²) in [5.41, 5.74) is 7.35. The molecule has 104 valence electrons. The molecule has 2 aromatic rings. The molecule has 0 spiro atoms. The number of thiophene rings is 1. The Balaban J connectivity index is 1.88. The molecule has 2 heterocycles. The smallest absolute Gasteiger partial charge is 0.257 e. The number of amides is 1. The van der Waals surface area contributed by atoms with Crippen molar-refractivity contribution in [1.82, 2.24) is 0 Å². The molecule has 0 unspecified atom stereocenters. The number of nitrogen functional groups attached to an aromatic ring is 1. The first-order chi connectivity index (χ1) is 9.54. The predicted octanol–water partition coefficient (Wildman–Crippen LogP) is 3.84. The monoisotopic (exact) mass is 418 g/mol. The summed E-state index contributed by atoms with van der Waals surface area (Å²) in [6.45, 7) is 0.162. The fraction of sp³-hybridized carbons (Fsp3) is 0.0833. The number of hydrogen-bond donors (Lipinski definition) is 2. The lowest BCUT2D eigenvalue weighted by Gasteiger charge is -2.09. The number of halogens is 2. The minimum atomic E-state index is -0.246. The van der Waals surface area contributed by atoms with Crippen LogP contribution in [0.3, 0.4) is 0 Å². The van der Waals surface area contributed by atoms with Crippen molar-refractivity contribution in [1.29, 1.82) is 0 Å². The maximum Gasteiger partial charge on any atom is 0.257 e. The highest BCUT2D eigenvalue weighted by Crippen LogP contribution is 2.39. The Kier molecular flexibility index (Phi) is 3.61. The van der Waals surface area contributed by atoms with Crippen molar-refractivity contribution in [3.63, 3.8) is 0 Å². The van der Waals surface area contributed by atoms with Gasteiger partial charge in [0, 0.05) is 12.1 Å². The Bertz CT molecular complexity index is 702. The Morgan fingerprint density at radius 2 is 1.95 bits per heavy atom. The van der Waals surface area contributed by atoms with Gasteiger partial charge in [-0.3, -0.25) is 4.79 Å². The number of nitrogens with one attached hydrogen (secondary N) is 1. The van der Waals surface area contributed by atoms with Crippen LogP contribution in [0.4, 0.5) is 11.4 Å². The van der Waals surface area contributed by atoms with Gasteiger partial charge in [-0.15, -0.1) is 11.3 Å². The van der Waals surface area contributed by atoms with Crippen molar-refractivity contribution >= 4 is 60.5 Å². The van der Waals surface area contributed by atoms with E-state index in [4.69, 9.17) is 15.2 Å². The van der Waals surface area contributed by atoms with Gasteiger partial charge in [0.05, 0.1) is 24.5 Å². The van der Waals surface area contributed by atoms with Crippen molar-refractivity contribution in [3.8, 4) is 11.5 Å². The fourth-order valence-corrected chi connectivity index (χ4v) is 4.54. The van der Waals surface area contributed by atoms with Crippen molar-refractivity contribution in [2.24, 2.45) is 0 Å². The quantitative estimate of drug-likeness (QED) is 0.725. The summed E-state index contributed by atoms with van der Waals surface area (Å²) >= 11 is 8.12. The van der Waals surface area contributed by atoms with E-state index in [0.29, 0.717) is 28.4 Å². The average molecular weight is 420 g/mol. The van der Waals surface area contributed by atoms with Gasteiger partial charge in [0.1, 0.15) is 0 Å². The fourth-order valence-electron chi connectivity index (χ4n) is 1.75. The molecule has 0 bridgehead atoms. The van der Waals surface area contributed by atoms with Gasteiger partial charge in [0.2, 0.25) is 6.79 Å². The third-order valence-electron chi connectivity index (χ3n) is 2.69. The van der Waals surface area contributed by atoms with Gasteiger partial charge < -0.3 is 20.5 Å². The summed E-state index contributed by atoms with van der Waals surface area (Å²) in [7, 11) is 0. The van der Waals surface area contributed by atoms with Crippen LogP contribution < -0.4 is 20.5 Å². The van der Waals surface area contributed by atoms with Crippen LogP contribution in [0.2, 0.25) is 0 Å². The van der Waals surface area contributed by atoms with E-state index in [0.717, 1.165) is 7.57 Å². The van der Waals surface area contributed by atoms with E-state index >= 15 is 0 Å². The molecule has 20 heavy (non-hydrogen) atoms. The largest absolute Gasteiger partial charge is 0.454 e. The molecule has 1 aliphatic heterocycles. The lowest BCUT2D eigenvalue weighted by atomic mass is 10.2. The molecule has 0 fully saturated rings. The first-order valence-corrected chi connectivity index (χ1v) is 7.90. The third-order valence-corrected chi connectivity index (χ3v) is 5.03. The number of carbonyl (C=O) groups is 1. The lowest BCUT2D eigenvalue weighted by Crippen LogP contribution is -2.12. The number of hydrogen-bond acceptors (Lipinski definition) is 5. The molecule has 1 amide bonds. The van der Waals surface area contributed by atoms with E-state index < -0.39 is 0 Å². The SMILES string of the molecule is Nc1cc2c(cc1NC(=O)c1cc(Br)sc1Br)OCO2. The maximum absolute atomic E-state index is 12.2. The Hall–Kier alpha value is -1.25. The van der Waals surface area contributed by atoms with E-state index in [-0.39, 0.29) is 12.7 Å². The topological polar surface area (TPSA) is 73.6 Å². The molecule has 0 aliphatic carbocycles. The Morgan fingerprint density at radius 3 is 2.60 bits per heavy atom. The predicted molar refractivity (Wildman–Crippen MR) is 84.6 cm³/mol. The second-order valence-corrected chi connectivity index (χ2v) is 7.73. The highest BCUT2D eigenvalue weighted by Gasteiger charge is 2.19. The van der Waals surface area contributed by atoms with E-state index in [9.17, 15) is 4.79 Å². The van der Waals surface area contributed by atoms with Crippen LogP contribution in [0.25, 0.3) is 0 Å². The van der Waals surface area contributed by atoms with Gasteiger partial charge in [-0.05, 0) is 37.9 Å². The number of nitrogens with two attached hydrogens (primary N) is 1. The zero-order valence-electron chi connectivity index (χ0n) is 9.91. The Labute approximate surface area is 135 Å². The maximum atomic E-state index is 12.2. The van der Waals surface area contributed by atoms with E-state index in [1.165, 1.54) is 11.3 Å². The minimum Gasteiger partial charge on any atom is -0.454 e. The number of benzene rings is 1. The van der Waals surface area contributed by atoms with Crippen molar-refractivity contribution in [2.45, 2.75) is 0 Å². The van der Waals surface area contributed by atoms with Crippen molar-refractivity contribution in [3.05, 3.63) is 31.3 Å². The number of fused-ring (bicyclic) bond motifs is 1. The molecule has 1 aromatic heterocycles. The van der Waals surface area contributed by atoms with E-state index in [1.807, 2.05) is 0 Å².